The van der Waals surface area contributed by atoms with Crippen molar-refractivity contribution < 1.29 is 4.39 Å². The molecule has 0 radical (unpaired) electrons. The molecular formula is C6H13FN2S. The van der Waals surface area contributed by atoms with E-state index in [2.05, 4.69) is 12.2 Å². The maximum atomic E-state index is 11.8. The molecule has 2 N–H and O–H groups in total. The SMILES string of the molecule is CCN(CCF)CC(N)=S. The van der Waals surface area contributed by atoms with Crippen LogP contribution in [0.2, 0.25) is 0 Å². The molecule has 0 aromatic heterocycles. The first-order valence-electron chi connectivity index (χ1n) is 3.27. The summed E-state index contributed by atoms with van der Waals surface area (Å²) in [5.41, 5.74) is 5.27. The molecule has 0 unspecified atom stereocenters. The lowest BCUT2D eigenvalue weighted by Gasteiger charge is -2.16. The number of alkyl halides is 1. The van der Waals surface area contributed by atoms with E-state index >= 15 is 0 Å². The van der Waals surface area contributed by atoms with Crippen LogP contribution in [-0.2, 0) is 0 Å². The van der Waals surface area contributed by atoms with Crippen LogP contribution in [0.1, 0.15) is 6.92 Å². The van der Waals surface area contributed by atoms with Gasteiger partial charge in [-0.2, -0.15) is 0 Å². The Hall–Kier alpha value is -0.220. The van der Waals surface area contributed by atoms with Gasteiger partial charge in [-0.25, -0.2) is 4.39 Å². The highest BCUT2D eigenvalue weighted by Gasteiger charge is 2.01. The fraction of sp³-hybridized carbons (Fsp3) is 0.833. The van der Waals surface area contributed by atoms with Gasteiger partial charge in [0.05, 0.1) is 4.99 Å². The molecule has 0 heterocycles. The fourth-order valence-electron chi connectivity index (χ4n) is 0.689. The zero-order valence-corrected chi connectivity index (χ0v) is 6.96. The van der Waals surface area contributed by atoms with Crippen LogP contribution < -0.4 is 5.73 Å². The van der Waals surface area contributed by atoms with Crippen LogP contribution in [0.3, 0.4) is 0 Å². The molecule has 0 rings (SSSR count). The lowest BCUT2D eigenvalue weighted by Crippen LogP contribution is -2.33. The fourth-order valence-corrected chi connectivity index (χ4v) is 0.871. The quantitative estimate of drug-likeness (QED) is 0.602. The first-order valence-corrected chi connectivity index (χ1v) is 3.68. The minimum atomic E-state index is -0.337. The van der Waals surface area contributed by atoms with Crippen molar-refractivity contribution in [3.8, 4) is 0 Å². The van der Waals surface area contributed by atoms with Crippen LogP contribution in [0.4, 0.5) is 4.39 Å². The number of likely N-dealkylation sites (N-methyl/N-ethyl adjacent to an activating group) is 1. The van der Waals surface area contributed by atoms with Gasteiger partial charge in [0.1, 0.15) is 6.67 Å². The predicted molar refractivity (Wildman–Crippen MR) is 44.9 cm³/mol. The van der Waals surface area contributed by atoms with Crippen molar-refractivity contribution in [2.45, 2.75) is 6.92 Å². The number of hydrogen-bond acceptors (Lipinski definition) is 2. The Labute approximate surface area is 66.2 Å². The smallest absolute Gasteiger partial charge is 0.102 e. The van der Waals surface area contributed by atoms with Crippen molar-refractivity contribution in [1.82, 2.24) is 4.90 Å². The van der Waals surface area contributed by atoms with E-state index in [4.69, 9.17) is 5.73 Å². The van der Waals surface area contributed by atoms with E-state index in [0.717, 1.165) is 6.54 Å². The highest BCUT2D eigenvalue weighted by molar-refractivity contribution is 7.80. The van der Waals surface area contributed by atoms with Crippen LogP contribution in [0.15, 0.2) is 0 Å². The van der Waals surface area contributed by atoms with E-state index < -0.39 is 0 Å². The summed E-state index contributed by atoms with van der Waals surface area (Å²) in [7, 11) is 0. The van der Waals surface area contributed by atoms with Gasteiger partial charge in [-0.3, -0.25) is 4.90 Å². The van der Waals surface area contributed by atoms with Crippen LogP contribution in [0, 0.1) is 0 Å². The largest absolute Gasteiger partial charge is 0.392 e. The Kier molecular flexibility index (Phi) is 5.43. The first-order chi connectivity index (χ1) is 4.70. The second kappa shape index (κ2) is 5.56. The van der Waals surface area contributed by atoms with Gasteiger partial charge >= 0.3 is 0 Å². The van der Waals surface area contributed by atoms with Crippen molar-refractivity contribution in [3.63, 3.8) is 0 Å². The van der Waals surface area contributed by atoms with Gasteiger partial charge in [-0.1, -0.05) is 19.1 Å². The highest BCUT2D eigenvalue weighted by atomic mass is 32.1. The number of hydrogen-bond donors (Lipinski definition) is 1. The molecule has 2 nitrogen and oxygen atoms in total. The average molecular weight is 164 g/mol. The van der Waals surface area contributed by atoms with E-state index in [9.17, 15) is 4.39 Å². The molecule has 0 saturated heterocycles. The van der Waals surface area contributed by atoms with Gasteiger partial charge < -0.3 is 5.73 Å². The Bertz CT molecular complexity index is 108. The first kappa shape index (κ1) is 9.78. The summed E-state index contributed by atoms with van der Waals surface area (Å²) in [6, 6.07) is 0. The number of nitrogens with two attached hydrogens (primary N) is 1. The molecule has 0 aliphatic rings. The van der Waals surface area contributed by atoms with Gasteiger partial charge in [0.15, 0.2) is 0 Å². The summed E-state index contributed by atoms with van der Waals surface area (Å²) < 4.78 is 11.8. The lowest BCUT2D eigenvalue weighted by atomic mass is 10.5. The van der Waals surface area contributed by atoms with Gasteiger partial charge in [0.2, 0.25) is 0 Å². The zero-order valence-electron chi connectivity index (χ0n) is 6.14. The van der Waals surface area contributed by atoms with Crippen LogP contribution in [-0.4, -0.2) is 36.2 Å². The number of halogens is 1. The third-order valence-corrected chi connectivity index (χ3v) is 1.36. The van der Waals surface area contributed by atoms with Crippen molar-refractivity contribution in [1.29, 1.82) is 0 Å². The van der Waals surface area contributed by atoms with Gasteiger partial charge in [-0.15, -0.1) is 0 Å². The van der Waals surface area contributed by atoms with E-state index in [1.165, 1.54) is 0 Å². The minimum absolute atomic E-state index is 0.337. The molecule has 0 atom stereocenters. The Morgan fingerprint density at radius 2 is 2.30 bits per heavy atom. The number of thiocarbonyl (C=S) groups is 1. The summed E-state index contributed by atoms with van der Waals surface area (Å²) in [5, 5.41) is 0. The summed E-state index contributed by atoms with van der Waals surface area (Å²) >= 11 is 4.67. The highest BCUT2D eigenvalue weighted by Crippen LogP contribution is 1.86. The summed E-state index contributed by atoms with van der Waals surface area (Å²) in [4.78, 5) is 2.29. The molecule has 4 heteroatoms. The molecule has 0 bridgehead atoms. The Balaban J connectivity index is 3.49. The molecule has 0 saturated carbocycles. The number of nitrogens with zero attached hydrogens (tertiary/aromatic N) is 1. The van der Waals surface area contributed by atoms with Gasteiger partial charge in [0.25, 0.3) is 0 Å². The monoisotopic (exact) mass is 164 g/mol. The molecule has 0 amide bonds. The van der Waals surface area contributed by atoms with Crippen molar-refractivity contribution >= 4 is 17.2 Å². The zero-order chi connectivity index (χ0) is 7.98. The van der Waals surface area contributed by atoms with Crippen LogP contribution >= 0.6 is 12.2 Å². The maximum absolute atomic E-state index is 11.8. The van der Waals surface area contributed by atoms with E-state index in [0.29, 0.717) is 18.1 Å². The molecule has 0 aromatic rings. The average Bonchev–Trinajstić information content (AvgIpc) is 1.86. The normalized spacial score (nSPS) is 10.3. The molecule has 60 valence electrons. The van der Waals surface area contributed by atoms with Crippen molar-refractivity contribution in [2.75, 3.05) is 26.3 Å². The standard InChI is InChI=1S/C6H13FN2S/c1-2-9(4-3-7)5-6(8)10/h2-5H2,1H3,(H2,8,10). The van der Waals surface area contributed by atoms with E-state index in [-0.39, 0.29) is 6.67 Å². The van der Waals surface area contributed by atoms with E-state index in [1.807, 2.05) is 11.8 Å². The summed E-state index contributed by atoms with van der Waals surface area (Å²) in [6.07, 6.45) is 0. The summed E-state index contributed by atoms with van der Waals surface area (Å²) in [6.45, 7) is 3.36. The molecule has 0 aromatic carbocycles. The third kappa shape index (κ3) is 4.64. The van der Waals surface area contributed by atoms with Gasteiger partial charge in [-0.05, 0) is 6.54 Å². The minimum Gasteiger partial charge on any atom is -0.392 e. The molecule has 0 aliphatic heterocycles. The number of rotatable bonds is 5. The van der Waals surface area contributed by atoms with Crippen LogP contribution in [0.25, 0.3) is 0 Å². The third-order valence-electron chi connectivity index (χ3n) is 1.23. The summed E-state index contributed by atoms with van der Waals surface area (Å²) in [5.74, 6) is 0. The van der Waals surface area contributed by atoms with E-state index in [1.54, 1.807) is 0 Å². The topological polar surface area (TPSA) is 29.3 Å². The maximum Gasteiger partial charge on any atom is 0.102 e. The predicted octanol–water partition coefficient (Wildman–Crippen LogP) is 0.564. The molecular weight excluding hydrogens is 151 g/mol. The second-order valence-electron chi connectivity index (χ2n) is 2.02. The molecule has 0 spiro atoms. The second-order valence-corrected chi connectivity index (χ2v) is 2.55. The Morgan fingerprint density at radius 3 is 2.60 bits per heavy atom. The molecule has 0 aliphatic carbocycles. The Morgan fingerprint density at radius 1 is 1.70 bits per heavy atom. The lowest BCUT2D eigenvalue weighted by molar-refractivity contribution is 0.290. The van der Waals surface area contributed by atoms with Gasteiger partial charge in [0, 0.05) is 13.1 Å². The van der Waals surface area contributed by atoms with Crippen molar-refractivity contribution in [2.24, 2.45) is 5.73 Å². The van der Waals surface area contributed by atoms with Crippen molar-refractivity contribution in [3.05, 3.63) is 0 Å². The molecule has 0 fully saturated rings. The molecule has 10 heavy (non-hydrogen) atoms. The van der Waals surface area contributed by atoms with Crippen LogP contribution in [0.5, 0.6) is 0 Å².